The summed E-state index contributed by atoms with van der Waals surface area (Å²) in [5, 5.41) is 3.28. The predicted octanol–water partition coefficient (Wildman–Crippen LogP) is 4.31. The van der Waals surface area contributed by atoms with Crippen LogP contribution in [-0.4, -0.2) is 12.6 Å². The topological polar surface area (TPSA) is 21.3 Å². The third-order valence-electron chi connectivity index (χ3n) is 3.41. The molecule has 1 unspecified atom stereocenters. The second kappa shape index (κ2) is 5.44. The van der Waals surface area contributed by atoms with E-state index < -0.39 is 0 Å². The van der Waals surface area contributed by atoms with E-state index in [-0.39, 0.29) is 11.9 Å². The Morgan fingerprint density at radius 2 is 2.15 bits per heavy atom. The number of aryl methyl sites for hydroxylation is 1. The fourth-order valence-electron chi connectivity index (χ4n) is 2.40. The van der Waals surface area contributed by atoms with Crippen LogP contribution < -0.4 is 10.1 Å². The van der Waals surface area contributed by atoms with Gasteiger partial charge in [-0.25, -0.2) is 4.39 Å². The Labute approximate surface area is 126 Å². The molecule has 1 heterocycles. The molecule has 0 amide bonds. The first-order valence-corrected chi connectivity index (χ1v) is 7.36. The van der Waals surface area contributed by atoms with E-state index in [0.29, 0.717) is 11.0 Å². The summed E-state index contributed by atoms with van der Waals surface area (Å²) in [6.45, 7) is 2.79. The second-order valence-corrected chi connectivity index (χ2v) is 5.92. The third-order valence-corrected chi connectivity index (χ3v) is 4.02. The van der Waals surface area contributed by atoms with Gasteiger partial charge in [-0.15, -0.1) is 0 Å². The summed E-state index contributed by atoms with van der Waals surface area (Å²) < 4.78 is 19.5. The first-order valence-electron chi connectivity index (χ1n) is 6.57. The molecule has 104 valence electrons. The Morgan fingerprint density at radius 3 is 2.95 bits per heavy atom. The normalized spacial score (nSPS) is 16.6. The van der Waals surface area contributed by atoms with Crippen molar-refractivity contribution in [2.45, 2.75) is 19.4 Å². The highest BCUT2D eigenvalue weighted by molar-refractivity contribution is 9.10. The number of nitrogens with one attached hydrogen (secondary N) is 1. The van der Waals surface area contributed by atoms with Gasteiger partial charge >= 0.3 is 0 Å². The molecule has 1 aliphatic rings. The maximum Gasteiger partial charge on any atom is 0.137 e. The smallest absolute Gasteiger partial charge is 0.137 e. The van der Waals surface area contributed by atoms with E-state index >= 15 is 0 Å². The van der Waals surface area contributed by atoms with Crippen molar-refractivity contribution in [3.63, 3.8) is 0 Å². The molecule has 2 nitrogen and oxygen atoms in total. The van der Waals surface area contributed by atoms with Gasteiger partial charge in [0.25, 0.3) is 0 Å². The van der Waals surface area contributed by atoms with Crippen LogP contribution in [0.15, 0.2) is 40.9 Å². The Bertz CT molecular complexity index is 644. The predicted molar refractivity (Wildman–Crippen MR) is 81.9 cm³/mol. The highest BCUT2D eigenvalue weighted by Gasteiger charge is 2.22. The van der Waals surface area contributed by atoms with E-state index in [4.69, 9.17) is 4.74 Å². The number of halogens is 2. The van der Waals surface area contributed by atoms with Gasteiger partial charge in [0.1, 0.15) is 17.7 Å². The zero-order valence-electron chi connectivity index (χ0n) is 11.1. The number of ether oxygens (including phenoxy) is 1. The van der Waals surface area contributed by atoms with E-state index in [1.54, 1.807) is 12.1 Å². The average Bonchev–Trinajstić information content (AvgIpc) is 2.82. The number of hydrogen-bond acceptors (Lipinski definition) is 2. The van der Waals surface area contributed by atoms with Gasteiger partial charge in [-0.2, -0.15) is 0 Å². The van der Waals surface area contributed by atoms with Crippen molar-refractivity contribution in [2.24, 2.45) is 0 Å². The standard InChI is InChI=1S/C16H15BrFNO/c1-10-2-5-16-11(6-10)7-13(20-16)9-19-12-3-4-15(18)14(17)8-12/h2-6,8,13,19H,7,9H2,1H3. The van der Waals surface area contributed by atoms with Gasteiger partial charge in [-0.05, 0) is 52.7 Å². The molecule has 1 N–H and O–H groups in total. The van der Waals surface area contributed by atoms with Gasteiger partial charge in [0.15, 0.2) is 0 Å². The van der Waals surface area contributed by atoms with E-state index in [9.17, 15) is 4.39 Å². The van der Waals surface area contributed by atoms with E-state index in [2.05, 4.69) is 40.3 Å². The van der Waals surface area contributed by atoms with Crippen LogP contribution in [0.5, 0.6) is 5.75 Å². The van der Waals surface area contributed by atoms with Crippen molar-refractivity contribution in [2.75, 3.05) is 11.9 Å². The van der Waals surface area contributed by atoms with Crippen molar-refractivity contribution in [1.82, 2.24) is 0 Å². The van der Waals surface area contributed by atoms with Crippen molar-refractivity contribution in [1.29, 1.82) is 0 Å². The molecule has 2 aromatic rings. The fraction of sp³-hybridized carbons (Fsp3) is 0.250. The van der Waals surface area contributed by atoms with Gasteiger partial charge in [0.05, 0.1) is 11.0 Å². The number of fused-ring (bicyclic) bond motifs is 1. The minimum absolute atomic E-state index is 0.121. The Kier molecular flexibility index (Phi) is 3.66. The van der Waals surface area contributed by atoms with Crippen LogP contribution >= 0.6 is 15.9 Å². The zero-order chi connectivity index (χ0) is 14.1. The number of benzene rings is 2. The largest absolute Gasteiger partial charge is 0.488 e. The molecule has 0 fully saturated rings. The molecular formula is C16H15BrFNO. The highest BCUT2D eigenvalue weighted by atomic mass is 79.9. The van der Waals surface area contributed by atoms with Crippen molar-refractivity contribution >= 4 is 21.6 Å². The molecule has 0 saturated carbocycles. The monoisotopic (exact) mass is 335 g/mol. The lowest BCUT2D eigenvalue weighted by molar-refractivity contribution is 0.246. The van der Waals surface area contributed by atoms with Crippen LogP contribution in [0, 0.1) is 12.7 Å². The Balaban J connectivity index is 1.62. The molecule has 0 aliphatic carbocycles. The molecule has 1 aliphatic heterocycles. The summed E-state index contributed by atoms with van der Waals surface area (Å²) in [7, 11) is 0. The van der Waals surface area contributed by atoms with Gasteiger partial charge in [0.2, 0.25) is 0 Å². The summed E-state index contributed by atoms with van der Waals surface area (Å²) in [5.41, 5.74) is 3.40. The second-order valence-electron chi connectivity index (χ2n) is 5.06. The lowest BCUT2D eigenvalue weighted by Gasteiger charge is -2.13. The average molecular weight is 336 g/mol. The molecule has 20 heavy (non-hydrogen) atoms. The maximum atomic E-state index is 13.2. The third kappa shape index (κ3) is 2.80. The first kappa shape index (κ1) is 13.4. The molecule has 4 heteroatoms. The minimum Gasteiger partial charge on any atom is -0.488 e. The van der Waals surface area contributed by atoms with Crippen molar-refractivity contribution in [3.8, 4) is 5.75 Å². The van der Waals surface area contributed by atoms with Gasteiger partial charge in [-0.3, -0.25) is 0 Å². The summed E-state index contributed by atoms with van der Waals surface area (Å²) in [4.78, 5) is 0. The van der Waals surface area contributed by atoms with E-state index in [1.165, 1.54) is 17.2 Å². The van der Waals surface area contributed by atoms with Crippen LogP contribution in [0.25, 0.3) is 0 Å². The van der Waals surface area contributed by atoms with Crippen LogP contribution in [0.1, 0.15) is 11.1 Å². The lowest BCUT2D eigenvalue weighted by Crippen LogP contribution is -2.23. The molecule has 0 saturated heterocycles. The van der Waals surface area contributed by atoms with Crippen LogP contribution in [0.3, 0.4) is 0 Å². The number of anilines is 1. The van der Waals surface area contributed by atoms with Gasteiger partial charge < -0.3 is 10.1 Å². The van der Waals surface area contributed by atoms with Gasteiger partial charge in [0, 0.05) is 12.1 Å². The molecule has 0 aromatic heterocycles. The van der Waals surface area contributed by atoms with Crippen molar-refractivity contribution < 1.29 is 9.13 Å². The van der Waals surface area contributed by atoms with Crippen LogP contribution in [0.4, 0.5) is 10.1 Å². The molecule has 3 rings (SSSR count). The molecule has 2 aromatic carbocycles. The van der Waals surface area contributed by atoms with E-state index in [0.717, 1.165) is 17.9 Å². The van der Waals surface area contributed by atoms with Gasteiger partial charge in [-0.1, -0.05) is 17.7 Å². The van der Waals surface area contributed by atoms with E-state index in [1.807, 2.05) is 6.07 Å². The zero-order valence-corrected chi connectivity index (χ0v) is 12.7. The van der Waals surface area contributed by atoms with Crippen molar-refractivity contribution in [3.05, 3.63) is 57.8 Å². The summed E-state index contributed by atoms with van der Waals surface area (Å²) in [6.07, 6.45) is 1.03. The lowest BCUT2D eigenvalue weighted by atomic mass is 10.1. The van der Waals surface area contributed by atoms with Crippen LogP contribution in [0.2, 0.25) is 0 Å². The maximum absolute atomic E-state index is 13.2. The summed E-state index contributed by atoms with van der Waals surface area (Å²) >= 11 is 3.18. The minimum atomic E-state index is -0.254. The summed E-state index contributed by atoms with van der Waals surface area (Å²) in [6, 6.07) is 11.2. The fourth-order valence-corrected chi connectivity index (χ4v) is 2.78. The Hall–Kier alpha value is -1.55. The quantitative estimate of drug-likeness (QED) is 0.902. The Morgan fingerprint density at radius 1 is 1.30 bits per heavy atom. The molecule has 0 spiro atoms. The number of hydrogen-bond donors (Lipinski definition) is 1. The SMILES string of the molecule is Cc1ccc2c(c1)CC(CNc1ccc(F)c(Br)c1)O2. The first-order chi connectivity index (χ1) is 9.61. The molecule has 0 radical (unpaired) electrons. The molecular weight excluding hydrogens is 321 g/mol. The highest BCUT2D eigenvalue weighted by Crippen LogP contribution is 2.29. The molecule has 0 bridgehead atoms. The molecule has 1 atom stereocenters. The summed E-state index contributed by atoms with van der Waals surface area (Å²) in [5.74, 6) is 0.721. The number of rotatable bonds is 3. The van der Waals surface area contributed by atoms with Crippen LogP contribution in [-0.2, 0) is 6.42 Å².